The molecule has 0 saturated carbocycles. The molecule has 0 unspecified atom stereocenters. The Morgan fingerprint density at radius 3 is 2.77 bits per heavy atom. The van der Waals surface area contributed by atoms with Gasteiger partial charge in [0, 0.05) is 30.7 Å². The Labute approximate surface area is 136 Å². The van der Waals surface area contributed by atoms with Crippen molar-refractivity contribution in [1.29, 1.82) is 0 Å². The molecular weight excluding hydrogens is 302 g/mol. The standard InChI is InChI=1S/C15H21N5O.ClH/c1-11(2)9-13(16)15(21)18-10-12-5-3-6-17-14(12)20-8-4-7-19-20;/h3-8,11,13H,9-10,16H2,1-2H3,(H,18,21);1H/t13-;/m0./s1. The number of amides is 1. The maximum absolute atomic E-state index is 12.0. The predicted molar refractivity (Wildman–Crippen MR) is 87.9 cm³/mol. The normalized spacial score (nSPS) is 11.8. The van der Waals surface area contributed by atoms with Crippen LogP contribution in [0.5, 0.6) is 0 Å². The lowest BCUT2D eigenvalue weighted by molar-refractivity contribution is -0.122. The van der Waals surface area contributed by atoms with E-state index in [2.05, 4.69) is 15.4 Å². The molecule has 2 aromatic rings. The third-order valence-electron chi connectivity index (χ3n) is 3.10. The van der Waals surface area contributed by atoms with Crippen LogP contribution in [0.3, 0.4) is 0 Å². The number of halogens is 1. The summed E-state index contributed by atoms with van der Waals surface area (Å²) in [6, 6.07) is 5.10. The number of pyridine rings is 1. The van der Waals surface area contributed by atoms with E-state index < -0.39 is 6.04 Å². The summed E-state index contributed by atoms with van der Waals surface area (Å²) < 4.78 is 1.68. The highest BCUT2D eigenvalue weighted by Crippen LogP contribution is 2.10. The van der Waals surface area contributed by atoms with Gasteiger partial charge in [-0.25, -0.2) is 9.67 Å². The molecule has 0 aliphatic rings. The molecule has 0 bridgehead atoms. The summed E-state index contributed by atoms with van der Waals surface area (Å²) in [5.41, 5.74) is 6.76. The van der Waals surface area contributed by atoms with Crippen LogP contribution in [0.1, 0.15) is 25.8 Å². The highest BCUT2D eigenvalue weighted by atomic mass is 35.5. The van der Waals surface area contributed by atoms with Gasteiger partial charge in [-0.15, -0.1) is 12.4 Å². The second kappa shape index (κ2) is 8.51. The van der Waals surface area contributed by atoms with Crippen LogP contribution in [0, 0.1) is 5.92 Å². The molecule has 6 nitrogen and oxygen atoms in total. The first-order valence-corrected chi connectivity index (χ1v) is 7.05. The third-order valence-corrected chi connectivity index (χ3v) is 3.10. The Morgan fingerprint density at radius 1 is 1.36 bits per heavy atom. The van der Waals surface area contributed by atoms with Crippen molar-refractivity contribution in [2.75, 3.05) is 0 Å². The fraction of sp³-hybridized carbons (Fsp3) is 0.400. The van der Waals surface area contributed by atoms with Crippen LogP contribution in [0.2, 0.25) is 0 Å². The molecular formula is C15H22ClN5O. The molecule has 0 spiro atoms. The highest BCUT2D eigenvalue weighted by Gasteiger charge is 2.15. The monoisotopic (exact) mass is 323 g/mol. The summed E-state index contributed by atoms with van der Waals surface area (Å²) >= 11 is 0. The molecule has 1 atom stereocenters. The zero-order chi connectivity index (χ0) is 15.2. The Balaban J connectivity index is 0.00000242. The first kappa shape index (κ1) is 18.1. The molecule has 3 N–H and O–H groups in total. The van der Waals surface area contributed by atoms with Crippen molar-refractivity contribution in [3.05, 3.63) is 42.4 Å². The van der Waals surface area contributed by atoms with Crippen LogP contribution in [0.4, 0.5) is 0 Å². The number of nitrogens with one attached hydrogen (secondary N) is 1. The molecule has 120 valence electrons. The van der Waals surface area contributed by atoms with Gasteiger partial charge in [0.1, 0.15) is 0 Å². The van der Waals surface area contributed by atoms with Crippen LogP contribution in [0.25, 0.3) is 5.82 Å². The van der Waals surface area contributed by atoms with E-state index >= 15 is 0 Å². The maximum atomic E-state index is 12.0. The van der Waals surface area contributed by atoms with Gasteiger partial charge in [0.2, 0.25) is 5.91 Å². The molecule has 0 aliphatic carbocycles. The number of carbonyl (C=O) groups excluding carboxylic acids is 1. The lowest BCUT2D eigenvalue weighted by Crippen LogP contribution is -2.41. The van der Waals surface area contributed by atoms with Crippen molar-refractivity contribution in [3.8, 4) is 5.82 Å². The highest BCUT2D eigenvalue weighted by molar-refractivity contribution is 5.85. The number of nitrogens with zero attached hydrogens (tertiary/aromatic N) is 3. The molecule has 1 amide bonds. The van der Waals surface area contributed by atoms with Crippen LogP contribution in [0.15, 0.2) is 36.8 Å². The van der Waals surface area contributed by atoms with Crippen molar-refractivity contribution in [2.45, 2.75) is 32.9 Å². The molecule has 2 heterocycles. The molecule has 0 aliphatic heterocycles. The van der Waals surface area contributed by atoms with Gasteiger partial charge in [0.05, 0.1) is 6.04 Å². The van der Waals surface area contributed by atoms with Gasteiger partial charge >= 0.3 is 0 Å². The van der Waals surface area contributed by atoms with Gasteiger partial charge in [-0.3, -0.25) is 4.79 Å². The number of carbonyl (C=O) groups is 1. The summed E-state index contributed by atoms with van der Waals surface area (Å²) in [5.74, 6) is 0.961. The molecule has 7 heteroatoms. The van der Waals surface area contributed by atoms with Crippen molar-refractivity contribution in [1.82, 2.24) is 20.1 Å². The summed E-state index contributed by atoms with van der Waals surface area (Å²) in [6.45, 7) is 4.47. The lowest BCUT2D eigenvalue weighted by Gasteiger charge is -2.15. The van der Waals surface area contributed by atoms with E-state index in [1.165, 1.54) is 0 Å². The number of rotatable bonds is 6. The van der Waals surface area contributed by atoms with E-state index in [0.29, 0.717) is 24.7 Å². The minimum absolute atomic E-state index is 0. The smallest absolute Gasteiger partial charge is 0.237 e. The Hall–Kier alpha value is -1.92. The minimum Gasteiger partial charge on any atom is -0.351 e. The Bertz CT molecular complexity index is 585. The largest absolute Gasteiger partial charge is 0.351 e. The fourth-order valence-corrected chi connectivity index (χ4v) is 2.10. The van der Waals surface area contributed by atoms with Gasteiger partial charge in [0.25, 0.3) is 0 Å². The Morgan fingerprint density at radius 2 is 2.14 bits per heavy atom. The van der Waals surface area contributed by atoms with Gasteiger partial charge < -0.3 is 11.1 Å². The van der Waals surface area contributed by atoms with Crippen LogP contribution >= 0.6 is 12.4 Å². The topological polar surface area (TPSA) is 85.8 Å². The lowest BCUT2D eigenvalue weighted by atomic mass is 10.0. The SMILES string of the molecule is CC(C)C[C@H](N)C(=O)NCc1cccnc1-n1cccn1.Cl. The molecule has 2 rings (SSSR count). The molecule has 22 heavy (non-hydrogen) atoms. The second-order valence-corrected chi connectivity index (χ2v) is 5.39. The zero-order valence-electron chi connectivity index (χ0n) is 12.8. The predicted octanol–water partition coefficient (Wildman–Crippen LogP) is 1.68. The zero-order valence-corrected chi connectivity index (χ0v) is 13.6. The van der Waals surface area contributed by atoms with Crippen molar-refractivity contribution < 1.29 is 4.79 Å². The van der Waals surface area contributed by atoms with Gasteiger partial charge in [-0.2, -0.15) is 5.10 Å². The van der Waals surface area contributed by atoms with E-state index in [4.69, 9.17) is 5.73 Å². The summed E-state index contributed by atoms with van der Waals surface area (Å²) in [5, 5.41) is 7.03. The Kier molecular flexibility index (Phi) is 7.01. The minimum atomic E-state index is -0.477. The summed E-state index contributed by atoms with van der Waals surface area (Å²) in [6.07, 6.45) is 5.88. The number of hydrogen-bond donors (Lipinski definition) is 2. The fourth-order valence-electron chi connectivity index (χ4n) is 2.10. The quantitative estimate of drug-likeness (QED) is 0.847. The van der Waals surface area contributed by atoms with E-state index in [9.17, 15) is 4.79 Å². The van der Waals surface area contributed by atoms with E-state index in [-0.39, 0.29) is 18.3 Å². The van der Waals surface area contributed by atoms with E-state index in [1.54, 1.807) is 17.1 Å². The third kappa shape index (κ3) is 4.82. The number of hydrogen-bond acceptors (Lipinski definition) is 4. The van der Waals surface area contributed by atoms with E-state index in [0.717, 1.165) is 5.56 Å². The summed E-state index contributed by atoms with van der Waals surface area (Å²) in [4.78, 5) is 16.3. The van der Waals surface area contributed by atoms with Gasteiger partial charge in [0.15, 0.2) is 5.82 Å². The van der Waals surface area contributed by atoms with Crippen molar-refractivity contribution in [2.24, 2.45) is 11.7 Å². The van der Waals surface area contributed by atoms with E-state index in [1.807, 2.05) is 38.2 Å². The van der Waals surface area contributed by atoms with Gasteiger partial charge in [-0.1, -0.05) is 19.9 Å². The maximum Gasteiger partial charge on any atom is 0.237 e. The molecule has 0 fully saturated rings. The van der Waals surface area contributed by atoms with Crippen LogP contribution < -0.4 is 11.1 Å². The number of aromatic nitrogens is 3. The van der Waals surface area contributed by atoms with Crippen LogP contribution in [-0.4, -0.2) is 26.7 Å². The van der Waals surface area contributed by atoms with Crippen molar-refractivity contribution in [3.63, 3.8) is 0 Å². The molecule has 0 saturated heterocycles. The van der Waals surface area contributed by atoms with Crippen LogP contribution in [-0.2, 0) is 11.3 Å². The summed E-state index contributed by atoms with van der Waals surface area (Å²) in [7, 11) is 0. The average molecular weight is 324 g/mol. The average Bonchev–Trinajstić information content (AvgIpc) is 2.98. The molecule has 0 radical (unpaired) electrons. The first-order chi connectivity index (χ1) is 10.1. The molecule has 0 aromatic carbocycles. The second-order valence-electron chi connectivity index (χ2n) is 5.39. The van der Waals surface area contributed by atoms with Crippen molar-refractivity contribution >= 4 is 18.3 Å². The first-order valence-electron chi connectivity index (χ1n) is 7.05. The number of nitrogens with two attached hydrogens (primary N) is 1. The van der Waals surface area contributed by atoms with Gasteiger partial charge in [-0.05, 0) is 24.5 Å². The molecule has 2 aromatic heterocycles.